The number of hydrogen-bond acceptors (Lipinski definition) is 4. The van der Waals surface area contributed by atoms with E-state index in [1.165, 1.54) is 10.6 Å². The van der Waals surface area contributed by atoms with Crippen LogP contribution in [0.1, 0.15) is 0 Å². The number of benzene rings is 1. The molecule has 1 saturated heterocycles. The molecule has 0 saturated carbocycles. The van der Waals surface area contributed by atoms with Crippen molar-refractivity contribution in [2.75, 3.05) is 37.3 Å². The molecule has 1 aromatic rings. The Morgan fingerprint density at radius 1 is 1.11 bits per heavy atom. The number of piperazine rings is 1. The average molecular weight is 269 g/mol. The average Bonchev–Trinajstić information content (AvgIpc) is 2.38. The number of rotatable bonds is 3. The summed E-state index contributed by atoms with van der Waals surface area (Å²) in [5.41, 5.74) is 1.07. The Balaban J connectivity index is 2.01. The van der Waals surface area contributed by atoms with Gasteiger partial charge >= 0.3 is 0 Å². The highest BCUT2D eigenvalue weighted by Gasteiger charge is 2.23. The van der Waals surface area contributed by atoms with Gasteiger partial charge in [-0.15, -0.1) is 0 Å². The summed E-state index contributed by atoms with van der Waals surface area (Å²) in [7, 11) is 0.284. The molecule has 0 aromatic heterocycles. The van der Waals surface area contributed by atoms with Crippen molar-refractivity contribution < 1.29 is 13.2 Å². The Kier molecular flexibility index (Phi) is 3.77. The monoisotopic (exact) mass is 269 g/mol. The molecule has 0 bridgehead atoms. The molecule has 0 unspecified atom stereocenters. The molecule has 6 heteroatoms. The van der Waals surface area contributed by atoms with Crippen molar-refractivity contribution in [1.82, 2.24) is 4.31 Å². The van der Waals surface area contributed by atoms with Gasteiger partial charge in [0.05, 0.1) is 6.26 Å². The number of sulfonamides is 1. The molecule has 1 aromatic carbocycles. The lowest BCUT2D eigenvalue weighted by Crippen LogP contribution is -2.48. The van der Waals surface area contributed by atoms with Crippen molar-refractivity contribution in [3.05, 3.63) is 31.4 Å². The fraction of sp³-hybridized carbons (Fsp3) is 0.417. The van der Waals surface area contributed by atoms with Gasteiger partial charge in [-0.05, 0) is 24.3 Å². The van der Waals surface area contributed by atoms with Crippen molar-refractivity contribution in [3.63, 3.8) is 0 Å². The van der Waals surface area contributed by atoms with Crippen LogP contribution in [0.25, 0.3) is 0 Å². The van der Waals surface area contributed by atoms with Crippen LogP contribution in [0, 0.1) is 7.11 Å². The van der Waals surface area contributed by atoms with Crippen molar-refractivity contribution in [2.45, 2.75) is 0 Å². The summed E-state index contributed by atoms with van der Waals surface area (Å²) in [5, 5.41) is 0. The lowest BCUT2D eigenvalue weighted by atomic mass is 10.2. The van der Waals surface area contributed by atoms with Crippen molar-refractivity contribution in [2.24, 2.45) is 0 Å². The van der Waals surface area contributed by atoms with E-state index in [2.05, 4.69) is 12.0 Å². The number of ether oxygens (including phenoxy) is 1. The van der Waals surface area contributed by atoms with Gasteiger partial charge in [0.2, 0.25) is 10.0 Å². The van der Waals surface area contributed by atoms with Crippen LogP contribution in [0.15, 0.2) is 24.3 Å². The van der Waals surface area contributed by atoms with E-state index in [9.17, 15) is 8.42 Å². The van der Waals surface area contributed by atoms with Crippen molar-refractivity contribution in [3.8, 4) is 5.75 Å². The summed E-state index contributed by atoms with van der Waals surface area (Å²) >= 11 is 0. The molecule has 1 heterocycles. The highest BCUT2D eigenvalue weighted by molar-refractivity contribution is 7.88. The van der Waals surface area contributed by atoms with Gasteiger partial charge in [-0.3, -0.25) is 0 Å². The number of anilines is 1. The highest BCUT2D eigenvalue weighted by atomic mass is 32.2. The van der Waals surface area contributed by atoms with Crippen LogP contribution in [0.4, 0.5) is 5.69 Å². The van der Waals surface area contributed by atoms with Crippen molar-refractivity contribution >= 4 is 15.7 Å². The first-order valence-electron chi connectivity index (χ1n) is 5.73. The second kappa shape index (κ2) is 5.16. The largest absolute Gasteiger partial charge is 0.490 e. The zero-order chi connectivity index (χ0) is 13.2. The molecule has 1 fully saturated rings. The maximum Gasteiger partial charge on any atom is 0.211 e. The highest BCUT2D eigenvalue weighted by Crippen LogP contribution is 2.21. The molecule has 1 radical (unpaired) electrons. The first-order chi connectivity index (χ1) is 8.50. The molecular formula is C12H17N2O3S. The molecular weight excluding hydrogens is 252 g/mol. The first-order valence-corrected chi connectivity index (χ1v) is 7.58. The minimum atomic E-state index is -3.06. The molecule has 99 valence electrons. The van der Waals surface area contributed by atoms with Crippen LogP contribution in [-0.4, -0.2) is 45.2 Å². The number of nitrogens with zero attached hydrogens (tertiary/aromatic N) is 2. The zero-order valence-electron chi connectivity index (χ0n) is 10.4. The van der Waals surface area contributed by atoms with Gasteiger partial charge in [0.1, 0.15) is 12.9 Å². The van der Waals surface area contributed by atoms with Crippen LogP contribution in [0.2, 0.25) is 0 Å². The van der Waals surface area contributed by atoms with Crippen LogP contribution < -0.4 is 9.64 Å². The van der Waals surface area contributed by atoms with E-state index < -0.39 is 10.0 Å². The van der Waals surface area contributed by atoms with Crippen LogP contribution >= 0.6 is 0 Å². The third-order valence-corrected chi connectivity index (χ3v) is 4.38. The molecule has 0 amide bonds. The fourth-order valence-electron chi connectivity index (χ4n) is 2.03. The molecule has 0 aliphatic carbocycles. The van der Waals surface area contributed by atoms with E-state index in [1.54, 1.807) is 0 Å². The van der Waals surface area contributed by atoms with E-state index in [0.717, 1.165) is 5.69 Å². The minimum absolute atomic E-state index is 0.534. The summed E-state index contributed by atoms with van der Waals surface area (Å²) in [6.45, 7) is 2.48. The van der Waals surface area contributed by atoms with E-state index in [4.69, 9.17) is 4.74 Å². The normalized spacial score (nSPS) is 17.8. The van der Waals surface area contributed by atoms with Gasteiger partial charge in [-0.2, -0.15) is 4.31 Å². The number of hydrogen-bond donors (Lipinski definition) is 0. The third kappa shape index (κ3) is 2.94. The minimum Gasteiger partial charge on any atom is -0.490 e. The Morgan fingerprint density at radius 3 is 2.11 bits per heavy atom. The summed E-state index contributed by atoms with van der Waals surface area (Å²) in [5.74, 6) is 0.716. The van der Waals surface area contributed by atoms with E-state index in [-0.39, 0.29) is 0 Å². The second-order valence-corrected chi connectivity index (χ2v) is 6.27. The zero-order valence-corrected chi connectivity index (χ0v) is 11.2. The molecule has 0 spiro atoms. The third-order valence-electron chi connectivity index (χ3n) is 3.08. The molecule has 18 heavy (non-hydrogen) atoms. The van der Waals surface area contributed by atoms with E-state index in [1.807, 2.05) is 24.3 Å². The molecule has 0 N–H and O–H groups in total. The molecule has 5 nitrogen and oxygen atoms in total. The predicted octanol–water partition coefficient (Wildman–Crippen LogP) is 0.939. The quantitative estimate of drug-likeness (QED) is 0.819. The summed E-state index contributed by atoms with van der Waals surface area (Å²) in [6, 6.07) is 7.61. The van der Waals surface area contributed by atoms with Crippen LogP contribution in [0.3, 0.4) is 0 Å². The summed E-state index contributed by atoms with van der Waals surface area (Å²) < 4.78 is 29.2. The topological polar surface area (TPSA) is 49.9 Å². The smallest absolute Gasteiger partial charge is 0.211 e. The van der Waals surface area contributed by atoms with Gasteiger partial charge in [-0.25, -0.2) is 8.42 Å². The van der Waals surface area contributed by atoms with E-state index >= 15 is 0 Å². The van der Waals surface area contributed by atoms with Crippen LogP contribution in [0.5, 0.6) is 5.75 Å². The van der Waals surface area contributed by atoms with Gasteiger partial charge in [0.25, 0.3) is 0 Å². The maximum absolute atomic E-state index is 11.4. The van der Waals surface area contributed by atoms with Gasteiger partial charge in [0, 0.05) is 31.9 Å². The SMILES string of the molecule is [CH2]Oc1ccc(N2CCN(S(C)(=O)=O)CC2)cc1. The first kappa shape index (κ1) is 13.2. The molecule has 1 aliphatic rings. The lowest BCUT2D eigenvalue weighted by Gasteiger charge is -2.34. The Morgan fingerprint density at radius 2 is 1.67 bits per heavy atom. The van der Waals surface area contributed by atoms with Crippen LogP contribution in [-0.2, 0) is 10.0 Å². The predicted molar refractivity (Wildman–Crippen MR) is 71.1 cm³/mol. The lowest BCUT2D eigenvalue weighted by molar-refractivity contribution is 0.388. The molecule has 1 aliphatic heterocycles. The maximum atomic E-state index is 11.4. The van der Waals surface area contributed by atoms with Gasteiger partial charge < -0.3 is 9.64 Å². The Hall–Kier alpha value is -1.27. The summed E-state index contributed by atoms with van der Waals surface area (Å²) in [4.78, 5) is 2.16. The van der Waals surface area contributed by atoms with E-state index in [0.29, 0.717) is 31.9 Å². The standard InChI is InChI=1S/C12H17N2O3S/c1-17-12-5-3-11(4-6-12)13-7-9-14(10-8-13)18(2,15)16/h3-6H,1,7-10H2,2H3. The van der Waals surface area contributed by atoms with Gasteiger partial charge in [0.15, 0.2) is 0 Å². The Labute approximate surface area is 108 Å². The molecule has 2 rings (SSSR count). The van der Waals surface area contributed by atoms with Gasteiger partial charge in [-0.1, -0.05) is 0 Å². The fourth-order valence-corrected chi connectivity index (χ4v) is 2.86. The van der Waals surface area contributed by atoms with Crippen molar-refractivity contribution in [1.29, 1.82) is 0 Å². The summed E-state index contributed by atoms with van der Waals surface area (Å²) in [6.07, 6.45) is 1.25. The molecule has 0 atom stereocenters. The second-order valence-electron chi connectivity index (χ2n) is 4.29. The Bertz CT molecular complexity index is 491.